The van der Waals surface area contributed by atoms with Gasteiger partial charge in [-0.25, -0.2) is 4.98 Å². The standard InChI is InChI=1S/C21H23N5O2S/c1-3-15-16(12-22)20(26(2)10-7-11-27)25-21(17(15)13-23)29-18(19(24)28)14-8-5-4-6-9-14/h4-6,8-9,18,27H,3,7,10-11H2,1-2H3,(H2,24,28). The van der Waals surface area contributed by atoms with E-state index in [9.17, 15) is 15.3 Å². The molecule has 2 aromatic rings. The Morgan fingerprint density at radius 3 is 2.45 bits per heavy atom. The second-order valence-electron chi connectivity index (χ2n) is 6.36. The third kappa shape index (κ3) is 5.05. The van der Waals surface area contributed by atoms with Gasteiger partial charge < -0.3 is 15.7 Å². The first-order valence-electron chi connectivity index (χ1n) is 9.18. The summed E-state index contributed by atoms with van der Waals surface area (Å²) in [6.07, 6.45) is 0.982. The Morgan fingerprint density at radius 2 is 1.93 bits per heavy atom. The highest BCUT2D eigenvalue weighted by molar-refractivity contribution is 8.00. The molecule has 0 saturated carbocycles. The van der Waals surface area contributed by atoms with Crippen molar-refractivity contribution >= 4 is 23.5 Å². The number of hydrogen-bond acceptors (Lipinski definition) is 7. The van der Waals surface area contributed by atoms with Crippen LogP contribution in [0.3, 0.4) is 0 Å². The van der Waals surface area contributed by atoms with Crippen molar-refractivity contribution in [3.05, 3.63) is 52.6 Å². The molecule has 0 aliphatic carbocycles. The molecule has 1 atom stereocenters. The van der Waals surface area contributed by atoms with Crippen molar-refractivity contribution in [1.29, 1.82) is 10.5 Å². The van der Waals surface area contributed by atoms with E-state index in [2.05, 4.69) is 17.1 Å². The van der Waals surface area contributed by atoms with Crippen molar-refractivity contribution in [3.63, 3.8) is 0 Å². The molecular weight excluding hydrogens is 386 g/mol. The molecular formula is C21H23N5O2S. The van der Waals surface area contributed by atoms with Crippen molar-refractivity contribution in [2.45, 2.75) is 30.0 Å². The smallest absolute Gasteiger partial charge is 0.235 e. The van der Waals surface area contributed by atoms with Crippen LogP contribution < -0.4 is 10.6 Å². The number of aliphatic hydroxyl groups excluding tert-OH is 1. The molecule has 0 spiro atoms. The fraction of sp³-hybridized carbons (Fsp3) is 0.333. The quantitative estimate of drug-likeness (QED) is 0.609. The van der Waals surface area contributed by atoms with Crippen LogP contribution in [0.2, 0.25) is 0 Å². The summed E-state index contributed by atoms with van der Waals surface area (Å²) < 4.78 is 0. The number of aromatic nitrogens is 1. The fourth-order valence-electron chi connectivity index (χ4n) is 2.99. The first kappa shape index (κ1) is 22.2. The van der Waals surface area contributed by atoms with Crippen LogP contribution in [0.25, 0.3) is 0 Å². The van der Waals surface area contributed by atoms with Gasteiger partial charge in [0.1, 0.15) is 28.2 Å². The highest BCUT2D eigenvalue weighted by atomic mass is 32.2. The summed E-state index contributed by atoms with van der Waals surface area (Å²) in [6, 6.07) is 13.4. The third-order valence-electron chi connectivity index (χ3n) is 4.43. The Balaban J connectivity index is 2.62. The Hall–Kier alpha value is -3.07. The Labute approximate surface area is 174 Å². The molecule has 0 saturated heterocycles. The monoisotopic (exact) mass is 409 g/mol. The summed E-state index contributed by atoms with van der Waals surface area (Å²) in [5.41, 5.74) is 7.57. The van der Waals surface area contributed by atoms with Crippen molar-refractivity contribution in [2.75, 3.05) is 25.1 Å². The lowest BCUT2D eigenvalue weighted by atomic mass is 10.0. The fourth-order valence-corrected chi connectivity index (χ4v) is 4.05. The van der Waals surface area contributed by atoms with E-state index in [-0.39, 0.29) is 12.2 Å². The minimum Gasteiger partial charge on any atom is -0.396 e. The minimum absolute atomic E-state index is 0.0164. The zero-order chi connectivity index (χ0) is 21.4. The van der Waals surface area contributed by atoms with E-state index in [4.69, 9.17) is 10.8 Å². The van der Waals surface area contributed by atoms with Gasteiger partial charge in [-0.2, -0.15) is 10.5 Å². The van der Waals surface area contributed by atoms with E-state index in [1.807, 2.05) is 25.1 Å². The Kier molecular flexibility index (Phi) is 8.02. The lowest BCUT2D eigenvalue weighted by Gasteiger charge is -2.23. The number of primary amides is 1. The van der Waals surface area contributed by atoms with E-state index in [1.165, 1.54) is 0 Å². The molecule has 8 heteroatoms. The molecule has 3 N–H and O–H groups in total. The molecule has 1 aromatic heterocycles. The minimum atomic E-state index is -0.718. The highest BCUT2D eigenvalue weighted by Crippen LogP contribution is 2.39. The van der Waals surface area contributed by atoms with Gasteiger partial charge in [-0.3, -0.25) is 4.79 Å². The number of rotatable bonds is 9. The Morgan fingerprint density at radius 1 is 1.28 bits per heavy atom. The Bertz CT molecular complexity index is 950. The lowest BCUT2D eigenvalue weighted by Crippen LogP contribution is -2.23. The third-order valence-corrected chi connectivity index (χ3v) is 5.69. The van der Waals surface area contributed by atoms with Crippen molar-refractivity contribution in [2.24, 2.45) is 5.73 Å². The maximum absolute atomic E-state index is 12.1. The average Bonchev–Trinajstić information content (AvgIpc) is 2.74. The summed E-state index contributed by atoms with van der Waals surface area (Å²) in [7, 11) is 1.78. The van der Waals surface area contributed by atoms with Gasteiger partial charge in [0.05, 0.1) is 11.1 Å². The number of hydrogen-bond donors (Lipinski definition) is 2. The molecule has 0 aliphatic heterocycles. The topological polar surface area (TPSA) is 127 Å². The number of nitrogens with two attached hydrogens (primary N) is 1. The van der Waals surface area contributed by atoms with E-state index in [0.717, 1.165) is 11.8 Å². The van der Waals surface area contributed by atoms with Gasteiger partial charge >= 0.3 is 0 Å². The summed E-state index contributed by atoms with van der Waals surface area (Å²) in [6.45, 7) is 2.38. The number of pyridine rings is 1. The maximum Gasteiger partial charge on any atom is 0.235 e. The van der Waals surface area contributed by atoms with Gasteiger partial charge in [-0.05, 0) is 24.0 Å². The van der Waals surface area contributed by atoms with Gasteiger partial charge in [0.2, 0.25) is 5.91 Å². The number of nitrogens with zero attached hydrogens (tertiary/aromatic N) is 4. The van der Waals surface area contributed by atoms with Crippen molar-refractivity contribution in [3.8, 4) is 12.1 Å². The van der Waals surface area contributed by atoms with E-state index in [0.29, 0.717) is 46.9 Å². The number of nitriles is 2. The van der Waals surface area contributed by atoms with Crippen LogP contribution in [0, 0.1) is 22.7 Å². The molecule has 1 amide bonds. The van der Waals surface area contributed by atoms with Crippen LogP contribution in [0.15, 0.2) is 35.4 Å². The van der Waals surface area contributed by atoms with Gasteiger partial charge in [-0.15, -0.1) is 0 Å². The van der Waals surface area contributed by atoms with Crippen LogP contribution in [0.5, 0.6) is 0 Å². The number of anilines is 1. The molecule has 29 heavy (non-hydrogen) atoms. The van der Waals surface area contributed by atoms with Crippen LogP contribution >= 0.6 is 11.8 Å². The summed E-state index contributed by atoms with van der Waals surface area (Å²) in [5, 5.41) is 28.2. The molecule has 0 fully saturated rings. The van der Waals surface area contributed by atoms with Crippen LogP contribution in [0.4, 0.5) is 5.82 Å². The maximum atomic E-state index is 12.1. The van der Waals surface area contributed by atoms with Gasteiger partial charge in [0, 0.05) is 20.2 Å². The second-order valence-corrected chi connectivity index (χ2v) is 7.45. The molecule has 1 heterocycles. The molecule has 2 rings (SSSR count). The largest absolute Gasteiger partial charge is 0.396 e. The molecule has 150 valence electrons. The first-order valence-corrected chi connectivity index (χ1v) is 10.1. The number of thioether (sulfide) groups is 1. The summed E-state index contributed by atoms with van der Waals surface area (Å²) >= 11 is 1.11. The lowest BCUT2D eigenvalue weighted by molar-refractivity contribution is -0.117. The average molecular weight is 410 g/mol. The predicted octanol–water partition coefficient (Wildman–Crippen LogP) is 2.52. The van der Waals surface area contributed by atoms with Crippen LogP contribution in [-0.4, -0.2) is 36.2 Å². The van der Waals surface area contributed by atoms with Gasteiger partial charge in [0.15, 0.2) is 0 Å². The number of carbonyl (C=O) groups is 1. The number of benzene rings is 1. The zero-order valence-corrected chi connectivity index (χ0v) is 17.2. The molecule has 7 nitrogen and oxygen atoms in total. The SMILES string of the molecule is CCc1c(C#N)c(SC(C(N)=O)c2ccccc2)nc(N(C)CCCO)c1C#N. The van der Waals surface area contributed by atoms with Crippen molar-refractivity contribution in [1.82, 2.24) is 4.98 Å². The van der Waals surface area contributed by atoms with Crippen LogP contribution in [-0.2, 0) is 11.2 Å². The second kappa shape index (κ2) is 10.5. The number of carbonyl (C=O) groups excluding carboxylic acids is 1. The molecule has 0 bridgehead atoms. The molecule has 1 unspecified atom stereocenters. The molecule has 0 radical (unpaired) electrons. The van der Waals surface area contributed by atoms with E-state index in [1.54, 1.807) is 24.1 Å². The van der Waals surface area contributed by atoms with E-state index >= 15 is 0 Å². The molecule has 1 aromatic carbocycles. The molecule has 0 aliphatic rings. The van der Waals surface area contributed by atoms with Gasteiger partial charge in [0.25, 0.3) is 0 Å². The van der Waals surface area contributed by atoms with Gasteiger partial charge in [-0.1, -0.05) is 49.0 Å². The summed E-state index contributed by atoms with van der Waals surface area (Å²) in [5.74, 6) is -0.111. The predicted molar refractivity (Wildman–Crippen MR) is 112 cm³/mol. The normalized spacial score (nSPS) is 11.3. The number of aliphatic hydroxyl groups is 1. The van der Waals surface area contributed by atoms with Crippen molar-refractivity contribution < 1.29 is 9.90 Å². The zero-order valence-electron chi connectivity index (χ0n) is 16.4. The number of amides is 1. The summed E-state index contributed by atoms with van der Waals surface area (Å²) in [4.78, 5) is 18.5. The first-order chi connectivity index (χ1) is 14.0. The van der Waals surface area contributed by atoms with Crippen LogP contribution in [0.1, 0.15) is 40.8 Å². The van der Waals surface area contributed by atoms with E-state index < -0.39 is 11.2 Å². The highest BCUT2D eigenvalue weighted by Gasteiger charge is 2.26.